The minimum Gasteiger partial charge on any atom is -0.452 e. The van der Waals surface area contributed by atoms with E-state index in [9.17, 15) is 19.2 Å². The predicted molar refractivity (Wildman–Crippen MR) is 110 cm³/mol. The first kappa shape index (κ1) is 19.5. The Morgan fingerprint density at radius 2 is 1.83 bits per heavy atom. The van der Waals surface area contributed by atoms with Gasteiger partial charge in [0.1, 0.15) is 5.82 Å². The van der Waals surface area contributed by atoms with Crippen LogP contribution in [0.1, 0.15) is 39.9 Å². The van der Waals surface area contributed by atoms with Crippen LogP contribution < -0.4 is 10.9 Å². The van der Waals surface area contributed by atoms with Crippen molar-refractivity contribution in [3.05, 3.63) is 69.8 Å². The number of ether oxygens (including phenoxy) is 1. The number of carbonyl (C=O) groups excluding carboxylic acids is 3. The van der Waals surface area contributed by atoms with E-state index >= 15 is 0 Å². The summed E-state index contributed by atoms with van der Waals surface area (Å²) in [6.07, 6.45) is 1.60. The predicted octanol–water partition coefficient (Wildman–Crippen LogP) is 2.34. The molecular weight excluding hydrogens is 386 g/mol. The number of nitrogens with one attached hydrogen (secondary N) is 1. The molecule has 0 saturated carbocycles. The summed E-state index contributed by atoms with van der Waals surface area (Å²) in [6, 6.07) is 11.0. The summed E-state index contributed by atoms with van der Waals surface area (Å²) in [4.78, 5) is 52.6. The number of amides is 1. The molecule has 0 unspecified atom stereocenters. The van der Waals surface area contributed by atoms with Crippen molar-refractivity contribution in [2.45, 2.75) is 26.3 Å². The van der Waals surface area contributed by atoms with Crippen molar-refractivity contribution in [1.29, 1.82) is 0 Å². The van der Waals surface area contributed by atoms with Gasteiger partial charge in [-0.25, -0.2) is 9.78 Å². The van der Waals surface area contributed by atoms with Crippen molar-refractivity contribution < 1.29 is 19.1 Å². The number of hydrogen-bond donors (Lipinski definition) is 1. The number of fused-ring (bicyclic) bond motifs is 2. The smallest absolute Gasteiger partial charge is 0.338 e. The topological polar surface area (TPSA) is 107 Å². The summed E-state index contributed by atoms with van der Waals surface area (Å²) in [5.41, 5.74) is 1.58. The third kappa shape index (κ3) is 3.84. The zero-order valence-corrected chi connectivity index (χ0v) is 16.3. The van der Waals surface area contributed by atoms with Crippen LogP contribution >= 0.6 is 0 Å². The number of carbonyl (C=O) groups is 3. The Bertz CT molecular complexity index is 1230. The summed E-state index contributed by atoms with van der Waals surface area (Å²) < 4.78 is 6.74. The van der Waals surface area contributed by atoms with E-state index in [1.165, 1.54) is 19.1 Å². The second-order valence-corrected chi connectivity index (χ2v) is 7.08. The Kier molecular flexibility index (Phi) is 5.14. The first-order chi connectivity index (χ1) is 14.4. The lowest BCUT2D eigenvalue weighted by molar-refractivity contribution is -0.119. The minimum atomic E-state index is -0.679. The average molecular weight is 405 g/mol. The number of ketones is 1. The van der Waals surface area contributed by atoms with E-state index in [0.717, 1.165) is 12.8 Å². The Hall–Kier alpha value is -3.81. The molecule has 4 rings (SSSR count). The van der Waals surface area contributed by atoms with Gasteiger partial charge in [-0.05, 0) is 55.8 Å². The Labute approximate surface area is 171 Å². The molecule has 0 saturated heterocycles. The lowest BCUT2D eigenvalue weighted by Gasteiger charge is -2.08. The second kappa shape index (κ2) is 7.90. The highest BCUT2D eigenvalue weighted by Crippen LogP contribution is 2.17. The van der Waals surface area contributed by atoms with Crippen LogP contribution in [0.15, 0.2) is 47.3 Å². The molecule has 0 bridgehead atoms. The standard InChI is InChI=1S/C22H19N3O5/c1-13(26)14-4-7-16(8-5-14)23-20(27)12-30-22(29)15-6-9-17-18(11-15)24-19-3-2-10-25(19)21(17)28/h4-9,11H,2-3,10,12H2,1H3,(H,23,27). The van der Waals surface area contributed by atoms with Crippen molar-refractivity contribution in [1.82, 2.24) is 9.55 Å². The first-order valence-corrected chi connectivity index (χ1v) is 9.54. The van der Waals surface area contributed by atoms with Gasteiger partial charge in [0.25, 0.3) is 11.5 Å². The molecule has 1 aromatic heterocycles. The molecule has 8 nitrogen and oxygen atoms in total. The maximum absolute atomic E-state index is 12.5. The molecule has 2 aromatic carbocycles. The van der Waals surface area contributed by atoms with Gasteiger partial charge in [0, 0.05) is 24.2 Å². The van der Waals surface area contributed by atoms with Crippen LogP contribution in [0.2, 0.25) is 0 Å². The highest BCUT2D eigenvalue weighted by Gasteiger charge is 2.18. The molecule has 0 fully saturated rings. The zero-order chi connectivity index (χ0) is 21.3. The van der Waals surface area contributed by atoms with Gasteiger partial charge in [-0.2, -0.15) is 0 Å². The van der Waals surface area contributed by atoms with Gasteiger partial charge in [-0.3, -0.25) is 19.0 Å². The average Bonchev–Trinajstić information content (AvgIpc) is 3.21. The van der Waals surface area contributed by atoms with E-state index in [-0.39, 0.29) is 16.9 Å². The van der Waals surface area contributed by atoms with Crippen LogP contribution in [0.5, 0.6) is 0 Å². The number of nitrogens with zero attached hydrogens (tertiary/aromatic N) is 2. The summed E-state index contributed by atoms with van der Waals surface area (Å²) in [6.45, 7) is 1.65. The summed E-state index contributed by atoms with van der Waals surface area (Å²) in [5.74, 6) is -0.539. The highest BCUT2D eigenvalue weighted by molar-refractivity contribution is 5.98. The van der Waals surface area contributed by atoms with Gasteiger partial charge in [0.05, 0.1) is 16.5 Å². The third-order valence-corrected chi connectivity index (χ3v) is 4.96. The summed E-state index contributed by atoms with van der Waals surface area (Å²) in [7, 11) is 0. The highest BCUT2D eigenvalue weighted by atomic mass is 16.5. The Morgan fingerprint density at radius 3 is 2.57 bits per heavy atom. The van der Waals surface area contributed by atoms with Crippen LogP contribution in [-0.4, -0.2) is 33.8 Å². The van der Waals surface area contributed by atoms with Crippen molar-refractivity contribution >= 4 is 34.3 Å². The third-order valence-electron chi connectivity index (χ3n) is 4.96. The molecule has 1 aliphatic rings. The molecule has 0 radical (unpaired) electrons. The number of anilines is 1. The van der Waals surface area contributed by atoms with Gasteiger partial charge in [0.15, 0.2) is 12.4 Å². The second-order valence-electron chi connectivity index (χ2n) is 7.08. The lowest BCUT2D eigenvalue weighted by Crippen LogP contribution is -2.22. The summed E-state index contributed by atoms with van der Waals surface area (Å²) >= 11 is 0. The van der Waals surface area contributed by atoms with E-state index in [1.807, 2.05) is 0 Å². The van der Waals surface area contributed by atoms with Crippen LogP contribution in [0.4, 0.5) is 5.69 Å². The fraction of sp³-hybridized carbons (Fsp3) is 0.227. The van der Waals surface area contributed by atoms with Gasteiger partial charge < -0.3 is 10.1 Å². The van der Waals surface area contributed by atoms with E-state index in [2.05, 4.69) is 10.3 Å². The van der Waals surface area contributed by atoms with Gasteiger partial charge in [-0.1, -0.05) is 0 Å². The van der Waals surface area contributed by atoms with Crippen molar-refractivity contribution in [3.8, 4) is 0 Å². The minimum absolute atomic E-state index is 0.0701. The van der Waals surface area contributed by atoms with Gasteiger partial charge in [0.2, 0.25) is 0 Å². The number of benzene rings is 2. The van der Waals surface area contributed by atoms with Crippen molar-refractivity contribution in [2.75, 3.05) is 11.9 Å². The molecule has 1 aliphatic heterocycles. The van der Waals surface area contributed by atoms with Crippen LogP contribution in [0.25, 0.3) is 10.9 Å². The Balaban J connectivity index is 1.41. The van der Waals surface area contributed by atoms with E-state index in [1.54, 1.807) is 34.9 Å². The maximum atomic E-state index is 12.5. The lowest BCUT2D eigenvalue weighted by atomic mass is 10.1. The molecule has 3 aromatic rings. The Morgan fingerprint density at radius 1 is 1.10 bits per heavy atom. The number of aryl methyl sites for hydroxylation is 1. The number of Topliss-reactive ketones (excluding diaryl/α,β-unsaturated/α-hetero) is 1. The number of hydrogen-bond acceptors (Lipinski definition) is 6. The molecule has 0 spiro atoms. The molecule has 152 valence electrons. The first-order valence-electron chi connectivity index (χ1n) is 9.54. The van der Waals surface area contributed by atoms with Crippen molar-refractivity contribution in [2.24, 2.45) is 0 Å². The molecule has 2 heterocycles. The molecule has 1 amide bonds. The molecular formula is C22H19N3O5. The quantitative estimate of drug-likeness (QED) is 0.516. The molecule has 0 atom stereocenters. The van der Waals surface area contributed by atoms with E-state index in [4.69, 9.17) is 4.74 Å². The SMILES string of the molecule is CC(=O)c1ccc(NC(=O)COC(=O)c2ccc3c(=O)n4c(nc3c2)CCC4)cc1. The molecule has 30 heavy (non-hydrogen) atoms. The van der Waals surface area contributed by atoms with Crippen molar-refractivity contribution in [3.63, 3.8) is 0 Å². The van der Waals surface area contributed by atoms with Crippen LogP contribution in [-0.2, 0) is 22.5 Å². The van der Waals surface area contributed by atoms with Crippen LogP contribution in [0, 0.1) is 0 Å². The van der Waals surface area contributed by atoms with E-state index < -0.39 is 18.5 Å². The summed E-state index contributed by atoms with van der Waals surface area (Å²) in [5, 5.41) is 3.04. The molecule has 0 aliphatic carbocycles. The zero-order valence-electron chi connectivity index (χ0n) is 16.3. The normalized spacial score (nSPS) is 12.4. The maximum Gasteiger partial charge on any atom is 0.338 e. The molecule has 8 heteroatoms. The fourth-order valence-electron chi connectivity index (χ4n) is 3.41. The van der Waals surface area contributed by atoms with Gasteiger partial charge >= 0.3 is 5.97 Å². The van der Waals surface area contributed by atoms with Crippen LogP contribution in [0.3, 0.4) is 0 Å². The van der Waals surface area contributed by atoms with E-state index in [0.29, 0.717) is 34.5 Å². The fourth-order valence-corrected chi connectivity index (χ4v) is 3.41. The number of aromatic nitrogens is 2. The van der Waals surface area contributed by atoms with Gasteiger partial charge in [-0.15, -0.1) is 0 Å². The molecule has 1 N–H and O–H groups in total. The number of rotatable bonds is 5. The number of esters is 1. The largest absolute Gasteiger partial charge is 0.452 e. The monoisotopic (exact) mass is 405 g/mol.